The molecule has 102 valence electrons. The first-order chi connectivity index (χ1) is 9.78. The van der Waals surface area contributed by atoms with Crippen LogP contribution in [0.3, 0.4) is 0 Å². The zero-order valence-electron chi connectivity index (χ0n) is 11.2. The van der Waals surface area contributed by atoms with E-state index in [1.54, 1.807) is 6.07 Å². The molecule has 0 spiro atoms. The number of benzene rings is 1. The minimum atomic E-state index is -0.00830. The van der Waals surface area contributed by atoms with Gasteiger partial charge in [-0.1, -0.05) is 18.2 Å². The Labute approximate surface area is 117 Å². The van der Waals surface area contributed by atoms with Gasteiger partial charge in [-0.15, -0.1) is 0 Å². The molecule has 3 rings (SSSR count). The lowest BCUT2D eigenvalue weighted by molar-refractivity contribution is 0.0901. The second kappa shape index (κ2) is 5.48. The van der Waals surface area contributed by atoms with Crippen LogP contribution in [-0.4, -0.2) is 29.8 Å². The van der Waals surface area contributed by atoms with Gasteiger partial charge in [-0.05, 0) is 25.0 Å². The van der Waals surface area contributed by atoms with E-state index in [4.69, 9.17) is 9.68 Å². The van der Waals surface area contributed by atoms with Gasteiger partial charge in [-0.25, -0.2) is 0 Å². The number of furan rings is 1. The van der Waals surface area contributed by atoms with Crippen LogP contribution in [0.1, 0.15) is 29.8 Å². The number of hydrogen-bond donors (Lipinski definition) is 0. The highest BCUT2D eigenvalue weighted by molar-refractivity contribution is 5.98. The Kier molecular flexibility index (Phi) is 3.53. The van der Waals surface area contributed by atoms with E-state index in [-0.39, 0.29) is 5.78 Å². The molecule has 0 saturated heterocycles. The van der Waals surface area contributed by atoms with Gasteiger partial charge in [0.2, 0.25) is 5.78 Å². The molecule has 1 aliphatic rings. The number of fused-ring (bicyclic) bond motifs is 1. The standard InChI is InChI=1S/C16H16N2O2/c17-8-3-9-18(13-6-7-13)11-14(19)16-10-12-4-1-2-5-15(12)20-16/h1-2,4-5,10,13H,3,6-7,9,11H2. The normalized spacial score (nSPS) is 14.6. The first-order valence-corrected chi connectivity index (χ1v) is 6.90. The van der Waals surface area contributed by atoms with Gasteiger partial charge in [-0.3, -0.25) is 9.69 Å². The first-order valence-electron chi connectivity index (χ1n) is 6.90. The first kappa shape index (κ1) is 12.9. The predicted octanol–water partition coefficient (Wildman–Crippen LogP) is 2.99. The highest BCUT2D eigenvalue weighted by atomic mass is 16.3. The van der Waals surface area contributed by atoms with E-state index in [0.717, 1.165) is 23.8 Å². The lowest BCUT2D eigenvalue weighted by Crippen LogP contribution is -2.32. The number of carbonyl (C=O) groups excluding carboxylic acids is 1. The molecule has 0 atom stereocenters. The van der Waals surface area contributed by atoms with Crippen molar-refractivity contribution < 1.29 is 9.21 Å². The summed E-state index contributed by atoms with van der Waals surface area (Å²) >= 11 is 0. The summed E-state index contributed by atoms with van der Waals surface area (Å²) < 4.78 is 5.59. The van der Waals surface area contributed by atoms with E-state index in [2.05, 4.69) is 11.0 Å². The van der Waals surface area contributed by atoms with Crippen LogP contribution in [0, 0.1) is 11.3 Å². The molecule has 0 N–H and O–H groups in total. The Morgan fingerprint density at radius 1 is 1.40 bits per heavy atom. The van der Waals surface area contributed by atoms with E-state index in [0.29, 0.717) is 31.3 Å². The molecule has 0 aliphatic heterocycles. The third-order valence-electron chi connectivity index (χ3n) is 3.62. The number of para-hydroxylation sites is 1. The van der Waals surface area contributed by atoms with Gasteiger partial charge in [0.15, 0.2) is 5.76 Å². The van der Waals surface area contributed by atoms with Crippen molar-refractivity contribution in [2.24, 2.45) is 0 Å². The van der Waals surface area contributed by atoms with E-state index in [1.807, 2.05) is 24.3 Å². The molecule has 0 amide bonds. The third-order valence-corrected chi connectivity index (χ3v) is 3.62. The Morgan fingerprint density at radius 2 is 2.20 bits per heavy atom. The maximum Gasteiger partial charge on any atom is 0.211 e. The molecule has 20 heavy (non-hydrogen) atoms. The van der Waals surface area contributed by atoms with Crippen molar-refractivity contribution in [3.05, 3.63) is 36.1 Å². The lowest BCUT2D eigenvalue weighted by atomic mass is 10.2. The molecule has 0 bridgehead atoms. The highest BCUT2D eigenvalue weighted by Gasteiger charge is 2.30. The summed E-state index contributed by atoms with van der Waals surface area (Å²) in [5.74, 6) is 0.403. The number of nitrogens with zero attached hydrogens (tertiary/aromatic N) is 2. The minimum Gasteiger partial charge on any atom is -0.453 e. The highest BCUT2D eigenvalue weighted by Crippen LogP contribution is 2.27. The van der Waals surface area contributed by atoms with Crippen LogP contribution < -0.4 is 0 Å². The molecule has 1 saturated carbocycles. The van der Waals surface area contributed by atoms with Crippen molar-refractivity contribution in [1.29, 1.82) is 5.26 Å². The van der Waals surface area contributed by atoms with E-state index >= 15 is 0 Å². The molecule has 1 aromatic carbocycles. The van der Waals surface area contributed by atoms with Crippen molar-refractivity contribution in [3.8, 4) is 6.07 Å². The van der Waals surface area contributed by atoms with Crippen LogP contribution in [0.2, 0.25) is 0 Å². The summed E-state index contributed by atoms with van der Waals surface area (Å²) in [5.41, 5.74) is 0.742. The quantitative estimate of drug-likeness (QED) is 0.756. The Hall–Kier alpha value is -2.12. The maximum absolute atomic E-state index is 12.3. The Morgan fingerprint density at radius 3 is 2.90 bits per heavy atom. The van der Waals surface area contributed by atoms with Crippen molar-refractivity contribution in [1.82, 2.24) is 4.90 Å². The molecule has 0 radical (unpaired) electrons. The number of Topliss-reactive ketones (excluding diaryl/α,β-unsaturated/α-hetero) is 1. The summed E-state index contributed by atoms with van der Waals surface area (Å²) in [6.45, 7) is 0.999. The predicted molar refractivity (Wildman–Crippen MR) is 75.4 cm³/mol. The summed E-state index contributed by atoms with van der Waals surface area (Å²) in [4.78, 5) is 14.4. The second-order valence-corrected chi connectivity index (χ2v) is 5.18. The molecule has 1 heterocycles. The third kappa shape index (κ3) is 2.73. The van der Waals surface area contributed by atoms with Gasteiger partial charge in [0.1, 0.15) is 5.58 Å². The average molecular weight is 268 g/mol. The molecular weight excluding hydrogens is 252 g/mol. The summed E-state index contributed by atoms with van der Waals surface area (Å²) in [6, 6.07) is 12.0. The number of nitriles is 1. The van der Waals surface area contributed by atoms with Gasteiger partial charge in [0.05, 0.1) is 12.6 Å². The van der Waals surface area contributed by atoms with Crippen LogP contribution in [0.4, 0.5) is 0 Å². The number of hydrogen-bond acceptors (Lipinski definition) is 4. The Balaban J connectivity index is 1.72. The van der Waals surface area contributed by atoms with E-state index < -0.39 is 0 Å². The average Bonchev–Trinajstić information content (AvgIpc) is 3.21. The SMILES string of the molecule is N#CCCN(CC(=O)c1cc2ccccc2o1)C1CC1. The van der Waals surface area contributed by atoms with Crippen LogP contribution >= 0.6 is 0 Å². The Bertz CT molecular complexity index is 631. The van der Waals surface area contributed by atoms with E-state index in [1.165, 1.54) is 0 Å². The van der Waals surface area contributed by atoms with Crippen molar-refractivity contribution in [2.75, 3.05) is 13.1 Å². The molecule has 1 fully saturated rings. The molecular formula is C16H16N2O2. The topological polar surface area (TPSA) is 57.2 Å². The van der Waals surface area contributed by atoms with Crippen LogP contribution in [0.25, 0.3) is 11.0 Å². The zero-order chi connectivity index (χ0) is 13.9. The molecule has 4 heteroatoms. The van der Waals surface area contributed by atoms with Crippen molar-refractivity contribution >= 4 is 16.8 Å². The van der Waals surface area contributed by atoms with Crippen molar-refractivity contribution in [2.45, 2.75) is 25.3 Å². The maximum atomic E-state index is 12.3. The van der Waals surface area contributed by atoms with Crippen LogP contribution in [0.5, 0.6) is 0 Å². The van der Waals surface area contributed by atoms with Gasteiger partial charge in [-0.2, -0.15) is 5.26 Å². The minimum absolute atomic E-state index is 0.00830. The number of ketones is 1. The van der Waals surface area contributed by atoms with Gasteiger partial charge in [0, 0.05) is 24.4 Å². The smallest absolute Gasteiger partial charge is 0.211 e. The van der Waals surface area contributed by atoms with Gasteiger partial charge in [0.25, 0.3) is 0 Å². The monoisotopic (exact) mass is 268 g/mol. The van der Waals surface area contributed by atoms with E-state index in [9.17, 15) is 4.79 Å². The summed E-state index contributed by atoms with van der Waals surface area (Å²) in [6.07, 6.45) is 2.71. The summed E-state index contributed by atoms with van der Waals surface area (Å²) in [5, 5.41) is 9.63. The molecule has 4 nitrogen and oxygen atoms in total. The fourth-order valence-corrected chi connectivity index (χ4v) is 2.41. The summed E-state index contributed by atoms with van der Waals surface area (Å²) in [7, 11) is 0. The zero-order valence-corrected chi connectivity index (χ0v) is 11.2. The van der Waals surface area contributed by atoms with Crippen LogP contribution in [0.15, 0.2) is 34.7 Å². The molecule has 2 aromatic rings. The second-order valence-electron chi connectivity index (χ2n) is 5.18. The van der Waals surface area contributed by atoms with Crippen molar-refractivity contribution in [3.63, 3.8) is 0 Å². The molecule has 1 aliphatic carbocycles. The lowest BCUT2D eigenvalue weighted by Gasteiger charge is -2.18. The molecule has 0 unspecified atom stereocenters. The number of rotatable bonds is 6. The largest absolute Gasteiger partial charge is 0.453 e. The fourth-order valence-electron chi connectivity index (χ4n) is 2.41. The fraction of sp³-hybridized carbons (Fsp3) is 0.375. The van der Waals surface area contributed by atoms with Crippen LogP contribution in [-0.2, 0) is 0 Å². The van der Waals surface area contributed by atoms with Gasteiger partial charge >= 0.3 is 0 Å². The number of carbonyl (C=O) groups is 1. The van der Waals surface area contributed by atoms with Gasteiger partial charge < -0.3 is 4.42 Å². The molecule has 1 aromatic heterocycles.